The summed E-state index contributed by atoms with van der Waals surface area (Å²) < 4.78 is 7.06. The molecule has 8 nitrogen and oxygen atoms in total. The van der Waals surface area contributed by atoms with Crippen LogP contribution in [0.3, 0.4) is 0 Å². The number of benzene rings is 2. The van der Waals surface area contributed by atoms with Crippen LogP contribution >= 0.6 is 11.8 Å². The van der Waals surface area contributed by atoms with Gasteiger partial charge in [0.05, 0.1) is 19.1 Å². The van der Waals surface area contributed by atoms with E-state index in [0.717, 1.165) is 11.4 Å². The van der Waals surface area contributed by atoms with Crippen molar-refractivity contribution in [3.63, 3.8) is 0 Å². The number of amides is 1. The van der Waals surface area contributed by atoms with Crippen LogP contribution < -0.4 is 10.2 Å². The molecule has 9 heteroatoms. The lowest BCUT2D eigenvalue weighted by atomic mass is 9.87. The molecular formula is C24H29N5O3S. The largest absolute Gasteiger partial charge is 0.504 e. The minimum Gasteiger partial charge on any atom is -0.504 e. The summed E-state index contributed by atoms with van der Waals surface area (Å²) in [6.07, 6.45) is 1.48. The third-order valence-corrected chi connectivity index (χ3v) is 5.95. The molecule has 0 unspecified atom stereocenters. The number of aromatic hydroxyl groups is 1. The van der Waals surface area contributed by atoms with Gasteiger partial charge in [-0.3, -0.25) is 4.79 Å². The van der Waals surface area contributed by atoms with Gasteiger partial charge in [-0.05, 0) is 41.7 Å². The molecule has 0 atom stereocenters. The predicted octanol–water partition coefficient (Wildman–Crippen LogP) is 4.22. The van der Waals surface area contributed by atoms with Crippen molar-refractivity contribution < 1.29 is 14.6 Å². The van der Waals surface area contributed by atoms with E-state index in [2.05, 4.69) is 65.8 Å². The average molecular weight is 468 g/mol. The summed E-state index contributed by atoms with van der Waals surface area (Å²) in [4.78, 5) is 12.2. The topological polar surface area (TPSA) is 102 Å². The first-order valence-electron chi connectivity index (χ1n) is 10.6. The van der Waals surface area contributed by atoms with E-state index in [4.69, 9.17) is 4.74 Å². The van der Waals surface area contributed by atoms with Gasteiger partial charge in [0.15, 0.2) is 22.5 Å². The van der Waals surface area contributed by atoms with Gasteiger partial charge in [0.25, 0.3) is 5.91 Å². The second-order valence-electron chi connectivity index (χ2n) is 8.39. The Labute approximate surface area is 198 Å². The molecule has 0 aliphatic heterocycles. The zero-order valence-corrected chi connectivity index (χ0v) is 20.3. The van der Waals surface area contributed by atoms with Crippen molar-refractivity contribution in [2.75, 3.05) is 12.9 Å². The third kappa shape index (κ3) is 6.13. The SMILES string of the molecule is CCn1c(SCC(=O)N/N=C/c2ccc(O)c(OC)c2)nnc1-c1ccc(C(C)(C)C)cc1. The molecule has 0 spiro atoms. The first-order chi connectivity index (χ1) is 15.7. The summed E-state index contributed by atoms with van der Waals surface area (Å²) in [5, 5.41) is 22.9. The van der Waals surface area contributed by atoms with Crippen LogP contribution in [-0.2, 0) is 16.8 Å². The first-order valence-corrected chi connectivity index (χ1v) is 11.6. The van der Waals surface area contributed by atoms with Crippen molar-refractivity contribution in [2.45, 2.75) is 44.8 Å². The molecule has 0 radical (unpaired) electrons. The highest BCUT2D eigenvalue weighted by Crippen LogP contribution is 2.28. The number of ether oxygens (including phenoxy) is 1. The maximum absolute atomic E-state index is 12.2. The maximum Gasteiger partial charge on any atom is 0.250 e. The van der Waals surface area contributed by atoms with Crippen LogP contribution in [0.2, 0.25) is 0 Å². The number of hydrogen-bond acceptors (Lipinski definition) is 7. The van der Waals surface area contributed by atoms with Crippen LogP contribution in [0.25, 0.3) is 11.4 Å². The van der Waals surface area contributed by atoms with E-state index >= 15 is 0 Å². The zero-order chi connectivity index (χ0) is 24.0. The number of hydrogen-bond donors (Lipinski definition) is 2. The van der Waals surface area contributed by atoms with Crippen LogP contribution in [0, 0.1) is 0 Å². The number of phenols is 1. The van der Waals surface area contributed by atoms with Crippen LogP contribution in [-0.4, -0.2) is 44.9 Å². The summed E-state index contributed by atoms with van der Waals surface area (Å²) in [6.45, 7) is 9.26. The maximum atomic E-state index is 12.2. The molecule has 1 aromatic heterocycles. The molecular weight excluding hydrogens is 438 g/mol. The number of carbonyl (C=O) groups is 1. The number of aromatic nitrogens is 3. The Morgan fingerprint density at radius 1 is 1.21 bits per heavy atom. The normalized spacial score (nSPS) is 11.7. The fourth-order valence-corrected chi connectivity index (χ4v) is 3.92. The highest BCUT2D eigenvalue weighted by atomic mass is 32.2. The molecule has 1 amide bonds. The van der Waals surface area contributed by atoms with Crippen LogP contribution in [0.1, 0.15) is 38.8 Å². The van der Waals surface area contributed by atoms with Gasteiger partial charge < -0.3 is 14.4 Å². The molecule has 0 aliphatic carbocycles. The van der Waals surface area contributed by atoms with Crippen molar-refractivity contribution in [2.24, 2.45) is 5.10 Å². The molecule has 0 saturated carbocycles. The number of nitrogens with zero attached hydrogens (tertiary/aromatic N) is 4. The summed E-state index contributed by atoms with van der Waals surface area (Å²) >= 11 is 1.31. The summed E-state index contributed by atoms with van der Waals surface area (Å²) in [6, 6.07) is 13.2. The minimum atomic E-state index is -0.260. The van der Waals surface area contributed by atoms with Crippen molar-refractivity contribution in [1.29, 1.82) is 0 Å². The molecule has 3 rings (SSSR count). The number of carbonyl (C=O) groups excluding carboxylic acids is 1. The fraction of sp³-hybridized carbons (Fsp3) is 0.333. The summed E-state index contributed by atoms with van der Waals surface area (Å²) in [7, 11) is 1.47. The van der Waals surface area contributed by atoms with Gasteiger partial charge in [-0.25, -0.2) is 5.43 Å². The van der Waals surface area contributed by atoms with Gasteiger partial charge in [-0.15, -0.1) is 10.2 Å². The molecule has 0 fully saturated rings. The Hall–Kier alpha value is -3.33. The second kappa shape index (κ2) is 10.5. The first kappa shape index (κ1) is 24.3. The molecule has 0 saturated heterocycles. The fourth-order valence-electron chi connectivity index (χ4n) is 3.13. The highest BCUT2D eigenvalue weighted by Gasteiger charge is 2.17. The van der Waals surface area contributed by atoms with E-state index in [9.17, 15) is 9.90 Å². The Kier molecular flexibility index (Phi) is 7.75. The molecule has 2 N–H and O–H groups in total. The Bertz CT molecular complexity index is 1130. The molecule has 0 aliphatic rings. The van der Waals surface area contributed by atoms with Gasteiger partial charge in [0, 0.05) is 12.1 Å². The van der Waals surface area contributed by atoms with Crippen molar-refractivity contribution in [1.82, 2.24) is 20.2 Å². The molecule has 1 heterocycles. The quantitative estimate of drug-likeness (QED) is 0.292. The average Bonchev–Trinajstić information content (AvgIpc) is 3.21. The molecule has 174 valence electrons. The van der Waals surface area contributed by atoms with Gasteiger partial charge >= 0.3 is 0 Å². The second-order valence-corrected chi connectivity index (χ2v) is 9.33. The predicted molar refractivity (Wildman–Crippen MR) is 131 cm³/mol. The highest BCUT2D eigenvalue weighted by molar-refractivity contribution is 7.99. The lowest BCUT2D eigenvalue weighted by molar-refractivity contribution is -0.118. The van der Waals surface area contributed by atoms with Gasteiger partial charge in [-0.2, -0.15) is 5.10 Å². The van der Waals surface area contributed by atoms with E-state index in [1.807, 2.05) is 11.5 Å². The van der Waals surface area contributed by atoms with Crippen LogP contribution in [0.15, 0.2) is 52.7 Å². The molecule has 33 heavy (non-hydrogen) atoms. The van der Waals surface area contributed by atoms with E-state index in [0.29, 0.717) is 23.0 Å². The number of rotatable bonds is 8. The van der Waals surface area contributed by atoms with Crippen molar-refractivity contribution in [3.8, 4) is 22.9 Å². The zero-order valence-electron chi connectivity index (χ0n) is 19.5. The smallest absolute Gasteiger partial charge is 0.250 e. The Balaban J connectivity index is 1.61. The van der Waals surface area contributed by atoms with Crippen LogP contribution in [0.4, 0.5) is 0 Å². The van der Waals surface area contributed by atoms with Gasteiger partial charge in [0.1, 0.15) is 0 Å². The number of thioether (sulfide) groups is 1. The van der Waals surface area contributed by atoms with E-state index in [-0.39, 0.29) is 22.8 Å². The number of hydrazone groups is 1. The lowest BCUT2D eigenvalue weighted by Crippen LogP contribution is -2.20. The summed E-state index contributed by atoms with van der Waals surface area (Å²) in [5.41, 5.74) is 5.51. The molecule has 2 aromatic carbocycles. The van der Waals surface area contributed by atoms with E-state index in [1.54, 1.807) is 12.1 Å². The standard InChI is InChI=1S/C24H29N5O3S/c1-6-29-22(17-8-10-18(11-9-17)24(2,3)4)27-28-23(29)33-15-21(31)26-25-14-16-7-12-19(30)20(13-16)32-5/h7-14,30H,6,15H2,1-5H3,(H,26,31)/b25-14+. The third-order valence-electron chi connectivity index (χ3n) is 4.98. The van der Waals surface area contributed by atoms with Crippen molar-refractivity contribution >= 4 is 23.9 Å². The number of methoxy groups -OCH3 is 1. The van der Waals surface area contributed by atoms with Gasteiger partial charge in [-0.1, -0.05) is 56.8 Å². The lowest BCUT2D eigenvalue weighted by Gasteiger charge is -2.19. The summed E-state index contributed by atoms with van der Waals surface area (Å²) in [5.74, 6) is 1.05. The van der Waals surface area contributed by atoms with E-state index in [1.165, 1.54) is 36.7 Å². The van der Waals surface area contributed by atoms with E-state index < -0.39 is 0 Å². The Morgan fingerprint density at radius 2 is 1.94 bits per heavy atom. The van der Waals surface area contributed by atoms with Crippen LogP contribution in [0.5, 0.6) is 11.5 Å². The van der Waals surface area contributed by atoms with Crippen molar-refractivity contribution in [3.05, 3.63) is 53.6 Å². The monoisotopic (exact) mass is 467 g/mol. The number of nitrogens with one attached hydrogen (secondary N) is 1. The number of phenolic OH excluding ortho intramolecular Hbond substituents is 1. The minimum absolute atomic E-state index is 0.0413. The molecule has 0 bridgehead atoms. The van der Waals surface area contributed by atoms with Gasteiger partial charge in [0.2, 0.25) is 0 Å². The molecule has 3 aromatic rings. The Morgan fingerprint density at radius 3 is 2.58 bits per heavy atom.